The van der Waals surface area contributed by atoms with Gasteiger partial charge in [0.15, 0.2) is 12.6 Å². The first-order valence-electron chi connectivity index (χ1n) is 39.8. The molecule has 14 heteroatoms. The fourth-order valence-electron chi connectivity index (χ4n) is 12.9. The number of amides is 1. The van der Waals surface area contributed by atoms with E-state index in [9.17, 15) is 45.6 Å². The Labute approximate surface area is 586 Å². The molecule has 12 unspecified atom stereocenters. The van der Waals surface area contributed by atoms with Crippen molar-refractivity contribution < 1.29 is 64.6 Å². The van der Waals surface area contributed by atoms with Crippen LogP contribution in [0.2, 0.25) is 0 Å². The number of hydrogen-bond donors (Lipinski definition) is 9. The molecule has 0 spiro atoms. The standard InChI is InChI=1S/C82H147NO13/c1-3-5-7-9-11-13-15-17-19-21-23-25-27-29-31-33-34-35-36-38-40-42-44-46-48-50-52-54-56-58-60-62-64-66-74(87)83-70(69-93-81-79(92)77(90)80(73(68-85)95-81)96-82-78(91)76(89)75(88)72(67-84)94-82)71(86)65-63-61-59-57-55-53-51-49-47-45-43-41-39-37-32-30-28-26-24-22-20-18-16-14-12-10-8-6-4-2/h5,7,11,13,17,19,23,25,29,31,34-35,38,40,70-73,75-82,84-86,88-92H,3-4,6,8-10,12,14-16,18,20-22,24,26-28,30,32-33,36-37,39,41-69H2,1-2H3,(H,83,87)/b7-5-,13-11-,19-17-,25-23-,31-29-,35-34-,40-38-. The molecule has 0 bridgehead atoms. The second-order valence-corrected chi connectivity index (χ2v) is 27.8. The highest BCUT2D eigenvalue weighted by Crippen LogP contribution is 2.30. The van der Waals surface area contributed by atoms with Crippen molar-refractivity contribution in [3.8, 4) is 0 Å². The van der Waals surface area contributed by atoms with E-state index in [1.807, 2.05) is 0 Å². The molecular formula is C82H147NO13. The summed E-state index contributed by atoms with van der Waals surface area (Å²) in [6.07, 6.45) is 74.7. The maximum absolute atomic E-state index is 13.4. The van der Waals surface area contributed by atoms with Crippen molar-refractivity contribution in [2.45, 2.75) is 408 Å². The van der Waals surface area contributed by atoms with Gasteiger partial charge >= 0.3 is 0 Å². The number of aliphatic hydroxyl groups excluding tert-OH is 8. The van der Waals surface area contributed by atoms with Crippen molar-refractivity contribution in [3.05, 3.63) is 85.1 Å². The largest absolute Gasteiger partial charge is 0.394 e. The Balaban J connectivity index is 1.62. The van der Waals surface area contributed by atoms with Crippen LogP contribution in [-0.2, 0) is 23.7 Å². The Hall–Kier alpha value is -2.83. The number of ether oxygens (including phenoxy) is 4. The number of hydrogen-bond acceptors (Lipinski definition) is 13. The molecule has 2 heterocycles. The smallest absolute Gasteiger partial charge is 0.220 e. The van der Waals surface area contributed by atoms with E-state index in [-0.39, 0.29) is 12.5 Å². The average molecular weight is 1360 g/mol. The van der Waals surface area contributed by atoms with Gasteiger partial charge in [0.05, 0.1) is 32.0 Å². The Morgan fingerprint density at radius 3 is 1.10 bits per heavy atom. The first-order valence-corrected chi connectivity index (χ1v) is 39.8. The van der Waals surface area contributed by atoms with Crippen LogP contribution in [0, 0.1) is 0 Å². The Morgan fingerprint density at radius 2 is 0.719 bits per heavy atom. The molecule has 2 saturated heterocycles. The molecule has 1 amide bonds. The summed E-state index contributed by atoms with van der Waals surface area (Å²) in [5, 5.41) is 87.9. The number of rotatable bonds is 66. The van der Waals surface area contributed by atoms with Gasteiger partial charge in [-0.05, 0) is 70.6 Å². The lowest BCUT2D eigenvalue weighted by atomic mass is 9.97. The van der Waals surface area contributed by atoms with Gasteiger partial charge in [-0.2, -0.15) is 0 Å². The second kappa shape index (κ2) is 65.5. The first-order chi connectivity index (χ1) is 47.1. The third-order valence-electron chi connectivity index (χ3n) is 19.1. The van der Waals surface area contributed by atoms with Crippen LogP contribution in [0.3, 0.4) is 0 Å². The third kappa shape index (κ3) is 48.1. The van der Waals surface area contributed by atoms with Crippen LogP contribution in [0.5, 0.6) is 0 Å². The summed E-state index contributed by atoms with van der Waals surface area (Å²) in [6.45, 7) is 2.79. The Bertz CT molecular complexity index is 1940. The van der Waals surface area contributed by atoms with Gasteiger partial charge in [0.2, 0.25) is 5.91 Å². The summed E-state index contributed by atoms with van der Waals surface area (Å²) in [5.74, 6) is -0.208. The van der Waals surface area contributed by atoms with Gasteiger partial charge in [0, 0.05) is 6.42 Å². The highest BCUT2D eigenvalue weighted by Gasteiger charge is 2.51. The van der Waals surface area contributed by atoms with E-state index in [0.29, 0.717) is 12.8 Å². The molecule has 14 nitrogen and oxygen atoms in total. The monoisotopic (exact) mass is 1350 g/mol. The predicted octanol–water partition coefficient (Wildman–Crippen LogP) is 17.9. The van der Waals surface area contributed by atoms with Gasteiger partial charge in [-0.3, -0.25) is 4.79 Å². The van der Waals surface area contributed by atoms with Gasteiger partial charge in [0.1, 0.15) is 48.8 Å². The normalized spacial score (nSPS) is 22.7. The Kier molecular flexibility index (Phi) is 60.9. The van der Waals surface area contributed by atoms with Gasteiger partial charge in [-0.25, -0.2) is 0 Å². The van der Waals surface area contributed by atoms with Gasteiger partial charge < -0.3 is 65.1 Å². The molecule has 0 aliphatic carbocycles. The first kappa shape index (κ1) is 89.3. The molecule has 12 atom stereocenters. The highest BCUT2D eigenvalue weighted by molar-refractivity contribution is 5.76. The number of carbonyl (C=O) groups is 1. The van der Waals surface area contributed by atoms with Crippen LogP contribution < -0.4 is 5.32 Å². The van der Waals surface area contributed by atoms with Crippen LogP contribution in [0.1, 0.15) is 335 Å². The van der Waals surface area contributed by atoms with Crippen molar-refractivity contribution in [2.24, 2.45) is 0 Å². The van der Waals surface area contributed by atoms with E-state index in [1.54, 1.807) is 0 Å². The van der Waals surface area contributed by atoms with Crippen molar-refractivity contribution in [3.63, 3.8) is 0 Å². The molecule has 2 aliphatic heterocycles. The summed E-state index contributed by atoms with van der Waals surface area (Å²) < 4.78 is 23.0. The quantitative estimate of drug-likeness (QED) is 0.0204. The molecule has 9 N–H and O–H groups in total. The number of unbranched alkanes of at least 4 members (excludes halogenated alkanes) is 39. The lowest BCUT2D eigenvalue weighted by molar-refractivity contribution is -0.359. The molecule has 2 fully saturated rings. The van der Waals surface area contributed by atoms with E-state index in [4.69, 9.17) is 18.9 Å². The van der Waals surface area contributed by atoms with Crippen LogP contribution in [0.4, 0.5) is 0 Å². The minimum atomic E-state index is -1.79. The zero-order valence-corrected chi connectivity index (χ0v) is 61.1. The minimum Gasteiger partial charge on any atom is -0.394 e. The average Bonchev–Trinajstić information content (AvgIpc) is 0.812. The van der Waals surface area contributed by atoms with Crippen molar-refractivity contribution in [2.75, 3.05) is 19.8 Å². The Morgan fingerprint density at radius 1 is 0.385 bits per heavy atom. The van der Waals surface area contributed by atoms with Crippen molar-refractivity contribution >= 4 is 5.91 Å². The maximum atomic E-state index is 13.4. The molecule has 2 aliphatic rings. The maximum Gasteiger partial charge on any atom is 0.220 e. The lowest BCUT2D eigenvalue weighted by Gasteiger charge is -2.46. The van der Waals surface area contributed by atoms with E-state index in [2.05, 4.69) is 104 Å². The topological polar surface area (TPSA) is 228 Å². The van der Waals surface area contributed by atoms with Gasteiger partial charge in [-0.15, -0.1) is 0 Å². The van der Waals surface area contributed by atoms with E-state index in [0.717, 1.165) is 103 Å². The molecule has 0 aromatic carbocycles. The minimum absolute atomic E-state index is 0.208. The van der Waals surface area contributed by atoms with E-state index in [1.165, 1.54) is 205 Å². The van der Waals surface area contributed by atoms with Crippen LogP contribution >= 0.6 is 0 Å². The molecule has 2 rings (SSSR count). The zero-order valence-electron chi connectivity index (χ0n) is 61.1. The fraction of sp³-hybridized carbons (Fsp3) is 0.817. The number of nitrogens with one attached hydrogen (secondary N) is 1. The van der Waals surface area contributed by atoms with Gasteiger partial charge in [0.25, 0.3) is 0 Å². The summed E-state index contributed by atoms with van der Waals surface area (Å²) in [4.78, 5) is 13.4. The summed E-state index contributed by atoms with van der Waals surface area (Å²) in [5.41, 5.74) is 0. The van der Waals surface area contributed by atoms with Crippen molar-refractivity contribution in [1.82, 2.24) is 5.32 Å². The SMILES string of the molecule is CC/C=C\C/C=C\C/C=C\C/C=C\C/C=C\C/C=C\C/C=C\CCCCCCCCCCCCCC(=O)NC(COC1OC(CO)C(OC2OC(CO)C(O)C(O)C2O)C(O)C1O)C(O)CCCCCCCCCCCCCCCCCCCCCCCCCCCCCCC. The third-order valence-corrected chi connectivity index (χ3v) is 19.1. The number of allylic oxidation sites excluding steroid dienone is 14. The second-order valence-electron chi connectivity index (χ2n) is 27.8. The van der Waals surface area contributed by atoms with Crippen LogP contribution in [0.25, 0.3) is 0 Å². The molecule has 0 aromatic rings. The summed E-state index contributed by atoms with van der Waals surface area (Å²) in [6, 6.07) is -0.838. The highest BCUT2D eigenvalue weighted by atomic mass is 16.7. The van der Waals surface area contributed by atoms with E-state index >= 15 is 0 Å². The molecule has 96 heavy (non-hydrogen) atoms. The van der Waals surface area contributed by atoms with Crippen LogP contribution in [-0.4, -0.2) is 140 Å². The zero-order chi connectivity index (χ0) is 69.4. The molecular weight excluding hydrogens is 1210 g/mol. The molecule has 558 valence electrons. The van der Waals surface area contributed by atoms with Crippen LogP contribution in [0.15, 0.2) is 85.1 Å². The molecule has 0 aromatic heterocycles. The van der Waals surface area contributed by atoms with E-state index < -0.39 is 86.8 Å². The summed E-state index contributed by atoms with van der Waals surface area (Å²) in [7, 11) is 0. The molecule has 0 radical (unpaired) electrons. The summed E-state index contributed by atoms with van der Waals surface area (Å²) >= 11 is 0. The number of carbonyl (C=O) groups excluding carboxylic acids is 1. The fourth-order valence-corrected chi connectivity index (χ4v) is 12.9. The number of aliphatic hydroxyl groups is 8. The lowest BCUT2D eigenvalue weighted by Crippen LogP contribution is -2.65. The van der Waals surface area contributed by atoms with Crippen molar-refractivity contribution in [1.29, 1.82) is 0 Å². The van der Waals surface area contributed by atoms with Gasteiger partial charge in [-0.1, -0.05) is 343 Å². The molecule has 0 saturated carbocycles. The predicted molar refractivity (Wildman–Crippen MR) is 396 cm³/mol.